The van der Waals surface area contributed by atoms with E-state index in [-0.39, 0.29) is 23.0 Å². The molecule has 158 valence electrons. The smallest absolute Gasteiger partial charge is 0.225 e. The zero-order valence-electron chi connectivity index (χ0n) is 16.8. The van der Waals surface area contributed by atoms with Gasteiger partial charge in [-0.25, -0.2) is 18.4 Å². The van der Waals surface area contributed by atoms with Crippen LogP contribution in [0, 0.1) is 11.6 Å². The lowest BCUT2D eigenvalue weighted by Gasteiger charge is -2.09. The predicted octanol–water partition coefficient (Wildman–Crippen LogP) is 4.96. The molecule has 3 N–H and O–H groups in total. The fourth-order valence-electron chi connectivity index (χ4n) is 3.52. The Morgan fingerprint density at radius 3 is 2.44 bits per heavy atom. The van der Waals surface area contributed by atoms with Crippen molar-refractivity contribution in [2.75, 3.05) is 11.1 Å². The molecule has 0 aliphatic rings. The summed E-state index contributed by atoms with van der Waals surface area (Å²) in [6.07, 6.45) is 0. The van der Waals surface area contributed by atoms with Crippen molar-refractivity contribution in [3.8, 4) is 16.9 Å². The second kappa shape index (κ2) is 8.07. The van der Waals surface area contributed by atoms with Gasteiger partial charge in [0, 0.05) is 12.1 Å². The number of rotatable bonds is 5. The minimum atomic E-state index is -0.445. The monoisotopic (exact) mass is 428 g/mol. The Morgan fingerprint density at radius 2 is 1.66 bits per heavy atom. The van der Waals surface area contributed by atoms with Crippen molar-refractivity contribution >= 4 is 22.8 Å². The van der Waals surface area contributed by atoms with Crippen molar-refractivity contribution in [1.29, 1.82) is 0 Å². The van der Waals surface area contributed by atoms with Crippen LogP contribution in [0.3, 0.4) is 0 Å². The number of nitrogens with zero attached hydrogens (tertiary/aromatic N) is 4. The van der Waals surface area contributed by atoms with Crippen LogP contribution in [-0.2, 0) is 6.54 Å². The summed E-state index contributed by atoms with van der Waals surface area (Å²) in [6.45, 7) is 0.475. The van der Waals surface area contributed by atoms with E-state index >= 15 is 0 Å². The summed E-state index contributed by atoms with van der Waals surface area (Å²) < 4.78 is 29.9. The summed E-state index contributed by atoms with van der Waals surface area (Å²) in [5.74, 6) is -0.395. The van der Waals surface area contributed by atoms with Gasteiger partial charge in [-0.3, -0.25) is 0 Å². The number of nitrogens with two attached hydrogens (primary N) is 1. The van der Waals surface area contributed by atoms with Crippen molar-refractivity contribution in [2.24, 2.45) is 0 Å². The number of fused-ring (bicyclic) bond motifs is 1. The lowest BCUT2D eigenvalue weighted by Crippen LogP contribution is -2.05. The van der Waals surface area contributed by atoms with Crippen molar-refractivity contribution < 1.29 is 8.78 Å². The van der Waals surface area contributed by atoms with Crippen LogP contribution in [0.5, 0.6) is 0 Å². The summed E-state index contributed by atoms with van der Waals surface area (Å²) in [7, 11) is 0. The second-order valence-electron chi connectivity index (χ2n) is 7.19. The van der Waals surface area contributed by atoms with Gasteiger partial charge in [-0.1, -0.05) is 48.5 Å². The van der Waals surface area contributed by atoms with Gasteiger partial charge in [0.25, 0.3) is 0 Å². The molecule has 0 unspecified atom stereocenters. The largest absolute Gasteiger partial charge is 0.383 e. The molecular formula is C24H18F2N6. The molecule has 0 atom stereocenters. The quantitative estimate of drug-likeness (QED) is 0.414. The highest BCUT2D eigenvalue weighted by atomic mass is 19.1. The van der Waals surface area contributed by atoms with E-state index in [1.54, 1.807) is 30.3 Å². The fraction of sp³-hybridized carbons (Fsp3) is 0.0417. The molecule has 2 aromatic heterocycles. The van der Waals surface area contributed by atoms with E-state index in [0.717, 1.165) is 5.56 Å². The Kier molecular flexibility index (Phi) is 4.95. The average molecular weight is 428 g/mol. The van der Waals surface area contributed by atoms with Gasteiger partial charge >= 0.3 is 0 Å². The zero-order chi connectivity index (χ0) is 22.1. The van der Waals surface area contributed by atoms with Gasteiger partial charge in [0.05, 0.1) is 16.8 Å². The van der Waals surface area contributed by atoms with Crippen LogP contribution in [0.25, 0.3) is 28.0 Å². The van der Waals surface area contributed by atoms with Crippen molar-refractivity contribution in [3.63, 3.8) is 0 Å². The molecule has 2 heterocycles. The Hall–Kier alpha value is -4.33. The number of hydrogen-bond acceptors (Lipinski definition) is 5. The molecule has 3 aromatic carbocycles. The third-order valence-electron chi connectivity index (χ3n) is 5.04. The molecule has 32 heavy (non-hydrogen) atoms. The molecule has 0 aliphatic heterocycles. The van der Waals surface area contributed by atoms with E-state index < -0.39 is 11.6 Å². The molecule has 0 saturated heterocycles. The summed E-state index contributed by atoms with van der Waals surface area (Å²) >= 11 is 0. The van der Waals surface area contributed by atoms with E-state index in [0.29, 0.717) is 23.3 Å². The minimum absolute atomic E-state index is 0.193. The Bertz CT molecular complexity index is 1420. The van der Waals surface area contributed by atoms with E-state index in [9.17, 15) is 8.78 Å². The first-order valence-corrected chi connectivity index (χ1v) is 9.95. The Labute approximate surface area is 182 Å². The maximum absolute atomic E-state index is 14.7. The van der Waals surface area contributed by atoms with E-state index in [1.807, 2.05) is 30.3 Å². The maximum atomic E-state index is 14.7. The topological polar surface area (TPSA) is 81.7 Å². The van der Waals surface area contributed by atoms with Gasteiger partial charge in [-0.2, -0.15) is 4.98 Å². The van der Waals surface area contributed by atoms with Crippen LogP contribution in [0.15, 0.2) is 78.9 Å². The van der Waals surface area contributed by atoms with Crippen LogP contribution in [0.1, 0.15) is 5.56 Å². The number of anilines is 2. The first-order valence-electron chi connectivity index (χ1n) is 9.95. The molecule has 0 bridgehead atoms. The van der Waals surface area contributed by atoms with E-state index in [2.05, 4.69) is 20.4 Å². The van der Waals surface area contributed by atoms with Gasteiger partial charge in [0.2, 0.25) is 5.95 Å². The highest BCUT2D eigenvalue weighted by Gasteiger charge is 2.21. The van der Waals surface area contributed by atoms with Crippen LogP contribution >= 0.6 is 0 Å². The van der Waals surface area contributed by atoms with Crippen molar-refractivity contribution in [1.82, 2.24) is 19.7 Å². The maximum Gasteiger partial charge on any atom is 0.225 e. The lowest BCUT2D eigenvalue weighted by atomic mass is 10.1. The van der Waals surface area contributed by atoms with Crippen molar-refractivity contribution in [2.45, 2.75) is 6.54 Å². The first kappa shape index (κ1) is 19.6. The summed E-state index contributed by atoms with van der Waals surface area (Å²) in [6, 6.07) is 21.9. The lowest BCUT2D eigenvalue weighted by molar-refractivity contribution is 0.625. The minimum Gasteiger partial charge on any atom is -0.383 e. The zero-order valence-corrected chi connectivity index (χ0v) is 16.8. The number of hydrogen-bond donors (Lipinski definition) is 2. The summed E-state index contributed by atoms with van der Waals surface area (Å²) in [5.41, 5.74) is 8.70. The third kappa shape index (κ3) is 3.62. The fourth-order valence-corrected chi connectivity index (χ4v) is 3.52. The number of nitrogen functional groups attached to an aromatic ring is 1. The van der Waals surface area contributed by atoms with Gasteiger partial charge in [-0.05, 0) is 35.9 Å². The third-order valence-corrected chi connectivity index (χ3v) is 5.04. The molecule has 8 heteroatoms. The first-order chi connectivity index (χ1) is 15.6. The molecule has 0 saturated carbocycles. The Balaban J connectivity index is 1.67. The summed E-state index contributed by atoms with van der Waals surface area (Å²) in [4.78, 5) is 9.05. The highest BCUT2D eigenvalue weighted by Crippen LogP contribution is 2.34. The number of aromatic nitrogens is 4. The van der Waals surface area contributed by atoms with Crippen LogP contribution in [0.4, 0.5) is 20.5 Å². The van der Waals surface area contributed by atoms with Gasteiger partial charge in [0.1, 0.15) is 17.5 Å². The van der Waals surface area contributed by atoms with Gasteiger partial charge in [-0.15, -0.1) is 5.10 Å². The molecule has 0 amide bonds. The van der Waals surface area contributed by atoms with E-state index in [4.69, 9.17) is 5.73 Å². The predicted molar refractivity (Wildman–Crippen MR) is 120 cm³/mol. The van der Waals surface area contributed by atoms with Gasteiger partial charge in [0.15, 0.2) is 5.65 Å². The molecule has 0 radical (unpaired) electrons. The van der Waals surface area contributed by atoms with E-state index in [1.165, 1.54) is 22.9 Å². The van der Waals surface area contributed by atoms with Crippen LogP contribution < -0.4 is 11.1 Å². The Morgan fingerprint density at radius 1 is 0.875 bits per heavy atom. The van der Waals surface area contributed by atoms with Crippen LogP contribution in [0.2, 0.25) is 0 Å². The van der Waals surface area contributed by atoms with Crippen LogP contribution in [-0.4, -0.2) is 19.7 Å². The van der Waals surface area contributed by atoms with Crippen molar-refractivity contribution in [3.05, 3.63) is 96.1 Å². The summed E-state index contributed by atoms with van der Waals surface area (Å²) in [5, 5.41) is 8.03. The number of benzene rings is 3. The molecule has 6 nitrogen and oxygen atoms in total. The SMILES string of the molecule is Nc1c2c(-c3ccccc3F)nc(NCc3ccccc3)nc2nn1-c1cccc(F)c1. The molecule has 5 aromatic rings. The molecular weight excluding hydrogens is 410 g/mol. The second-order valence-corrected chi connectivity index (χ2v) is 7.19. The number of halogens is 2. The standard InChI is InChI=1S/C24H18F2N6/c25-16-9-6-10-17(13-16)32-22(27)20-21(18-11-4-5-12-19(18)26)29-24(30-23(20)31-32)28-14-15-7-2-1-3-8-15/h1-13H,14,27H2,(H,28,30,31). The van der Waals surface area contributed by atoms with Gasteiger partial charge < -0.3 is 11.1 Å². The molecule has 0 fully saturated rings. The normalized spacial score (nSPS) is 11.1. The average Bonchev–Trinajstić information content (AvgIpc) is 3.15. The number of nitrogens with one attached hydrogen (secondary N) is 1. The molecule has 5 rings (SSSR count). The highest BCUT2D eigenvalue weighted by molar-refractivity contribution is 5.99. The molecule has 0 spiro atoms. The molecule has 0 aliphatic carbocycles.